The summed E-state index contributed by atoms with van der Waals surface area (Å²) in [5, 5.41) is 2.69. The average Bonchev–Trinajstić information content (AvgIpc) is 2.46. The van der Waals surface area contributed by atoms with Gasteiger partial charge in [-0.3, -0.25) is 4.79 Å². The Morgan fingerprint density at radius 2 is 2.37 bits per heavy atom. The van der Waals surface area contributed by atoms with Crippen molar-refractivity contribution >= 4 is 17.5 Å². The Morgan fingerprint density at radius 1 is 1.58 bits per heavy atom. The monoisotopic (exact) mass is 265 g/mol. The van der Waals surface area contributed by atoms with Crippen LogP contribution in [0.15, 0.2) is 6.33 Å². The van der Waals surface area contributed by atoms with E-state index in [1.807, 2.05) is 4.90 Å². The first-order valence-electron chi connectivity index (χ1n) is 6.28. The van der Waals surface area contributed by atoms with Crippen molar-refractivity contribution in [1.29, 1.82) is 0 Å². The molecule has 1 amide bonds. The van der Waals surface area contributed by atoms with E-state index in [0.29, 0.717) is 23.9 Å². The number of anilines is 2. The lowest BCUT2D eigenvalue weighted by Gasteiger charge is -2.33. The zero-order valence-corrected chi connectivity index (χ0v) is 11.2. The highest BCUT2D eigenvalue weighted by Gasteiger charge is 2.28. The van der Waals surface area contributed by atoms with Crippen molar-refractivity contribution in [3.8, 4) is 5.75 Å². The van der Waals surface area contributed by atoms with Crippen molar-refractivity contribution in [3.63, 3.8) is 0 Å². The van der Waals surface area contributed by atoms with Crippen LogP contribution in [-0.2, 0) is 4.79 Å². The first-order chi connectivity index (χ1) is 9.17. The number of ether oxygens (including phenoxy) is 1. The van der Waals surface area contributed by atoms with Gasteiger partial charge >= 0.3 is 0 Å². The molecule has 1 aliphatic heterocycles. The van der Waals surface area contributed by atoms with Gasteiger partial charge in [-0.15, -0.1) is 0 Å². The molecule has 3 N–H and O–H groups in total. The highest BCUT2D eigenvalue weighted by atomic mass is 16.5. The molecule has 1 aliphatic rings. The fourth-order valence-corrected chi connectivity index (χ4v) is 2.39. The van der Waals surface area contributed by atoms with E-state index in [1.54, 1.807) is 14.2 Å². The van der Waals surface area contributed by atoms with Crippen LogP contribution in [0.3, 0.4) is 0 Å². The maximum absolute atomic E-state index is 11.7. The highest BCUT2D eigenvalue weighted by molar-refractivity contribution is 5.79. The number of nitrogen functional groups attached to an aromatic ring is 1. The summed E-state index contributed by atoms with van der Waals surface area (Å²) in [4.78, 5) is 21.9. The summed E-state index contributed by atoms with van der Waals surface area (Å²) in [5.74, 6) is 1.48. The van der Waals surface area contributed by atoms with Gasteiger partial charge in [0.05, 0.1) is 13.0 Å². The smallest absolute Gasteiger partial charge is 0.224 e. The van der Waals surface area contributed by atoms with E-state index in [9.17, 15) is 4.79 Å². The lowest BCUT2D eigenvalue weighted by molar-refractivity contribution is -0.124. The lowest BCUT2D eigenvalue weighted by Crippen LogP contribution is -2.42. The van der Waals surface area contributed by atoms with Gasteiger partial charge in [0.15, 0.2) is 11.6 Å². The van der Waals surface area contributed by atoms with E-state index in [-0.39, 0.29) is 11.8 Å². The van der Waals surface area contributed by atoms with Crippen molar-refractivity contribution < 1.29 is 9.53 Å². The molecule has 2 rings (SSSR count). The van der Waals surface area contributed by atoms with E-state index in [4.69, 9.17) is 10.5 Å². The molecular formula is C12H19N5O2. The van der Waals surface area contributed by atoms with Crippen molar-refractivity contribution in [2.24, 2.45) is 5.92 Å². The maximum Gasteiger partial charge on any atom is 0.224 e. The van der Waals surface area contributed by atoms with E-state index in [1.165, 1.54) is 6.33 Å². The van der Waals surface area contributed by atoms with Crippen LogP contribution in [0.5, 0.6) is 5.75 Å². The molecule has 0 bridgehead atoms. The number of carbonyl (C=O) groups is 1. The average molecular weight is 265 g/mol. The molecule has 1 fully saturated rings. The molecule has 19 heavy (non-hydrogen) atoms. The molecule has 0 aromatic carbocycles. The van der Waals surface area contributed by atoms with E-state index in [0.717, 1.165) is 19.4 Å². The molecule has 1 saturated heterocycles. The third-order valence-corrected chi connectivity index (χ3v) is 3.35. The molecular weight excluding hydrogens is 246 g/mol. The Bertz CT molecular complexity index is 465. The Balaban J connectivity index is 2.22. The number of carbonyl (C=O) groups excluding carboxylic acids is 1. The summed E-state index contributed by atoms with van der Waals surface area (Å²) in [6.45, 7) is 1.45. The fourth-order valence-electron chi connectivity index (χ4n) is 2.39. The molecule has 2 heterocycles. The zero-order valence-electron chi connectivity index (χ0n) is 11.2. The van der Waals surface area contributed by atoms with Crippen molar-refractivity contribution in [2.75, 3.05) is 37.9 Å². The quantitative estimate of drug-likeness (QED) is 0.801. The molecule has 0 spiro atoms. The molecule has 7 heteroatoms. The van der Waals surface area contributed by atoms with Crippen molar-refractivity contribution in [3.05, 3.63) is 6.33 Å². The van der Waals surface area contributed by atoms with Crippen LogP contribution >= 0.6 is 0 Å². The SMILES string of the molecule is CNC(=O)C1CCCN(c2ncnc(N)c2OC)C1. The van der Waals surface area contributed by atoms with Crippen LogP contribution in [0.4, 0.5) is 11.6 Å². The number of methoxy groups -OCH3 is 1. The van der Waals surface area contributed by atoms with Crippen molar-refractivity contribution in [1.82, 2.24) is 15.3 Å². The molecule has 0 aliphatic carbocycles. The summed E-state index contributed by atoms with van der Waals surface area (Å²) >= 11 is 0. The van der Waals surface area contributed by atoms with Crippen LogP contribution in [0.25, 0.3) is 0 Å². The van der Waals surface area contributed by atoms with Gasteiger partial charge in [-0.25, -0.2) is 9.97 Å². The van der Waals surface area contributed by atoms with Gasteiger partial charge in [-0.2, -0.15) is 0 Å². The van der Waals surface area contributed by atoms with Crippen LogP contribution in [0, 0.1) is 5.92 Å². The van der Waals surface area contributed by atoms with Crippen molar-refractivity contribution in [2.45, 2.75) is 12.8 Å². The maximum atomic E-state index is 11.7. The van der Waals surface area contributed by atoms with Gasteiger partial charge in [0, 0.05) is 20.1 Å². The molecule has 1 aromatic rings. The minimum atomic E-state index is -0.0281. The van der Waals surface area contributed by atoms with Crippen LogP contribution in [0.1, 0.15) is 12.8 Å². The minimum Gasteiger partial charge on any atom is -0.490 e. The number of aromatic nitrogens is 2. The standard InChI is InChI=1S/C12H19N5O2/c1-14-12(18)8-4-3-5-17(6-8)11-9(19-2)10(13)15-7-16-11/h7-8H,3-6H2,1-2H3,(H,14,18)(H2,13,15,16). The Hall–Kier alpha value is -2.05. The number of rotatable bonds is 3. The van der Waals surface area contributed by atoms with Gasteiger partial charge in [0.2, 0.25) is 11.7 Å². The number of nitrogens with zero attached hydrogens (tertiary/aromatic N) is 3. The number of piperidine rings is 1. The highest BCUT2D eigenvalue weighted by Crippen LogP contribution is 2.32. The zero-order chi connectivity index (χ0) is 13.8. The van der Waals surface area contributed by atoms with Gasteiger partial charge in [-0.05, 0) is 12.8 Å². The van der Waals surface area contributed by atoms with E-state index in [2.05, 4.69) is 15.3 Å². The molecule has 0 radical (unpaired) electrons. The number of hydrogen-bond acceptors (Lipinski definition) is 6. The summed E-state index contributed by atoms with van der Waals surface area (Å²) in [5.41, 5.74) is 5.78. The number of hydrogen-bond donors (Lipinski definition) is 2. The molecule has 1 aromatic heterocycles. The number of amides is 1. The summed E-state index contributed by atoms with van der Waals surface area (Å²) in [7, 11) is 3.20. The second kappa shape index (κ2) is 5.73. The molecule has 0 saturated carbocycles. The van der Waals surface area contributed by atoms with Gasteiger partial charge in [0.25, 0.3) is 0 Å². The normalized spacial score (nSPS) is 19.1. The second-order valence-corrected chi connectivity index (χ2v) is 4.52. The van der Waals surface area contributed by atoms with Crippen LogP contribution in [0.2, 0.25) is 0 Å². The summed E-state index contributed by atoms with van der Waals surface area (Å²) in [6.07, 6.45) is 3.24. The van der Waals surface area contributed by atoms with Gasteiger partial charge < -0.3 is 20.7 Å². The Labute approximate surface area is 112 Å². The largest absolute Gasteiger partial charge is 0.490 e. The lowest BCUT2D eigenvalue weighted by atomic mass is 9.97. The first kappa shape index (κ1) is 13.4. The Morgan fingerprint density at radius 3 is 3.05 bits per heavy atom. The predicted octanol–water partition coefficient (Wildman–Crippen LogP) is 0.0298. The fraction of sp³-hybridized carbons (Fsp3) is 0.583. The molecule has 1 atom stereocenters. The van der Waals surface area contributed by atoms with E-state index < -0.39 is 0 Å². The minimum absolute atomic E-state index is 0.0281. The summed E-state index contributed by atoms with van der Waals surface area (Å²) in [6, 6.07) is 0. The topological polar surface area (TPSA) is 93.4 Å². The first-order valence-corrected chi connectivity index (χ1v) is 6.28. The van der Waals surface area contributed by atoms with Gasteiger partial charge in [-0.1, -0.05) is 0 Å². The summed E-state index contributed by atoms with van der Waals surface area (Å²) < 4.78 is 5.26. The Kier molecular flexibility index (Phi) is 4.03. The number of nitrogens with one attached hydrogen (secondary N) is 1. The predicted molar refractivity (Wildman–Crippen MR) is 72.0 cm³/mol. The van der Waals surface area contributed by atoms with Crippen LogP contribution in [-0.4, -0.2) is 43.1 Å². The molecule has 1 unspecified atom stereocenters. The molecule has 104 valence electrons. The third kappa shape index (κ3) is 2.69. The molecule has 7 nitrogen and oxygen atoms in total. The van der Waals surface area contributed by atoms with Gasteiger partial charge in [0.1, 0.15) is 6.33 Å². The number of nitrogens with two attached hydrogens (primary N) is 1. The van der Waals surface area contributed by atoms with Crippen LogP contribution < -0.4 is 20.7 Å². The second-order valence-electron chi connectivity index (χ2n) is 4.52. The third-order valence-electron chi connectivity index (χ3n) is 3.35. The van der Waals surface area contributed by atoms with E-state index >= 15 is 0 Å².